The maximum absolute atomic E-state index is 5.78. The van der Waals surface area contributed by atoms with E-state index >= 15 is 0 Å². The molecule has 148 valence electrons. The Morgan fingerprint density at radius 1 is 1.22 bits per heavy atom. The number of hydrogen-bond acceptors (Lipinski definition) is 4. The first-order valence-corrected chi connectivity index (χ1v) is 9.87. The molecule has 2 N–H and O–H groups in total. The van der Waals surface area contributed by atoms with Crippen LogP contribution in [0.15, 0.2) is 35.6 Å². The van der Waals surface area contributed by atoms with Crippen molar-refractivity contribution in [3.63, 3.8) is 0 Å². The van der Waals surface area contributed by atoms with Crippen LogP contribution < -0.4 is 15.4 Å². The van der Waals surface area contributed by atoms with Crippen molar-refractivity contribution in [2.75, 3.05) is 19.7 Å². The standard InChI is InChI=1S/C20H32N6O/c1-4-7-13-27-18-10-8-9-17(14-18)15-23-20(21-6-3)22-11-12-26-16-24-25-19(26)5-2/h8-10,14,16H,4-7,11-13,15H2,1-3H3,(H2,21,22,23). The fraction of sp³-hybridized carbons (Fsp3) is 0.550. The van der Waals surface area contributed by atoms with Crippen molar-refractivity contribution in [1.29, 1.82) is 0 Å². The highest BCUT2D eigenvalue weighted by atomic mass is 16.5. The molecule has 0 radical (unpaired) electrons. The zero-order valence-corrected chi connectivity index (χ0v) is 16.7. The molecule has 0 unspecified atom stereocenters. The molecule has 0 aliphatic rings. The lowest BCUT2D eigenvalue weighted by molar-refractivity contribution is 0.309. The summed E-state index contributed by atoms with van der Waals surface area (Å²) in [6, 6.07) is 8.15. The minimum atomic E-state index is 0.604. The molecule has 0 bridgehead atoms. The summed E-state index contributed by atoms with van der Waals surface area (Å²) in [6.45, 7) is 10.1. The van der Waals surface area contributed by atoms with Crippen LogP contribution in [0.2, 0.25) is 0 Å². The van der Waals surface area contributed by atoms with E-state index in [1.54, 1.807) is 6.33 Å². The number of ether oxygens (including phenoxy) is 1. The van der Waals surface area contributed by atoms with Crippen LogP contribution in [0.3, 0.4) is 0 Å². The predicted octanol–water partition coefficient (Wildman–Crippen LogP) is 2.77. The summed E-state index contributed by atoms with van der Waals surface area (Å²) in [5.74, 6) is 2.72. The maximum atomic E-state index is 5.78. The lowest BCUT2D eigenvalue weighted by Gasteiger charge is -2.12. The molecule has 0 spiro atoms. The molecule has 1 aromatic carbocycles. The maximum Gasteiger partial charge on any atom is 0.191 e. The zero-order valence-electron chi connectivity index (χ0n) is 16.7. The van der Waals surface area contributed by atoms with Crippen LogP contribution in [0, 0.1) is 0 Å². The number of aliphatic imine (C=N–C) groups is 1. The summed E-state index contributed by atoms with van der Waals surface area (Å²) >= 11 is 0. The third-order valence-electron chi connectivity index (χ3n) is 4.09. The monoisotopic (exact) mass is 372 g/mol. The van der Waals surface area contributed by atoms with E-state index in [0.717, 1.165) is 68.6 Å². The Balaban J connectivity index is 1.87. The molecule has 0 amide bonds. The van der Waals surface area contributed by atoms with E-state index in [1.165, 1.54) is 0 Å². The molecule has 0 fully saturated rings. The van der Waals surface area contributed by atoms with Gasteiger partial charge in [0.25, 0.3) is 0 Å². The SMILES string of the molecule is CCCCOc1cccc(CN=C(NCC)NCCn2cnnc2CC)c1. The van der Waals surface area contributed by atoms with Gasteiger partial charge in [-0.2, -0.15) is 0 Å². The Morgan fingerprint density at radius 2 is 2.11 bits per heavy atom. The van der Waals surface area contributed by atoms with Gasteiger partial charge in [0.05, 0.1) is 13.2 Å². The van der Waals surface area contributed by atoms with Crippen molar-refractivity contribution >= 4 is 5.96 Å². The van der Waals surface area contributed by atoms with E-state index in [4.69, 9.17) is 4.74 Å². The molecular formula is C20H32N6O. The minimum absolute atomic E-state index is 0.604. The van der Waals surface area contributed by atoms with Crippen LogP contribution >= 0.6 is 0 Å². The van der Waals surface area contributed by atoms with Gasteiger partial charge < -0.3 is 19.9 Å². The third-order valence-corrected chi connectivity index (χ3v) is 4.09. The van der Waals surface area contributed by atoms with Crippen LogP contribution in [0.5, 0.6) is 5.75 Å². The molecule has 1 aromatic heterocycles. The van der Waals surface area contributed by atoms with Crippen LogP contribution in [-0.4, -0.2) is 40.4 Å². The van der Waals surface area contributed by atoms with E-state index in [9.17, 15) is 0 Å². The lowest BCUT2D eigenvalue weighted by Crippen LogP contribution is -2.38. The van der Waals surface area contributed by atoms with Gasteiger partial charge in [-0.1, -0.05) is 32.4 Å². The molecule has 0 atom stereocenters. The number of hydrogen-bond donors (Lipinski definition) is 2. The topological polar surface area (TPSA) is 76.4 Å². The molecule has 0 aliphatic heterocycles. The number of nitrogens with zero attached hydrogens (tertiary/aromatic N) is 4. The predicted molar refractivity (Wildman–Crippen MR) is 109 cm³/mol. The second-order valence-corrected chi connectivity index (χ2v) is 6.27. The van der Waals surface area contributed by atoms with Gasteiger partial charge in [0.15, 0.2) is 5.96 Å². The van der Waals surface area contributed by atoms with Gasteiger partial charge in [0, 0.05) is 26.1 Å². The quantitative estimate of drug-likeness (QED) is 0.360. The van der Waals surface area contributed by atoms with Crippen molar-refractivity contribution in [3.8, 4) is 5.75 Å². The van der Waals surface area contributed by atoms with Crippen LogP contribution in [0.25, 0.3) is 0 Å². The third kappa shape index (κ3) is 7.29. The first-order valence-electron chi connectivity index (χ1n) is 9.87. The number of nitrogens with one attached hydrogen (secondary N) is 2. The average molecular weight is 373 g/mol. The van der Waals surface area contributed by atoms with E-state index in [2.05, 4.69) is 63.3 Å². The summed E-state index contributed by atoms with van der Waals surface area (Å²) < 4.78 is 7.84. The minimum Gasteiger partial charge on any atom is -0.494 e. The number of aromatic nitrogens is 3. The molecule has 2 rings (SSSR count). The largest absolute Gasteiger partial charge is 0.494 e. The molecule has 7 nitrogen and oxygen atoms in total. The Morgan fingerprint density at radius 3 is 2.89 bits per heavy atom. The molecular weight excluding hydrogens is 340 g/mol. The molecule has 0 aliphatic carbocycles. The first-order chi connectivity index (χ1) is 13.3. The molecule has 7 heteroatoms. The number of benzene rings is 1. The van der Waals surface area contributed by atoms with E-state index in [1.807, 2.05) is 12.1 Å². The van der Waals surface area contributed by atoms with Gasteiger partial charge in [-0.25, -0.2) is 4.99 Å². The van der Waals surface area contributed by atoms with Crippen LogP contribution in [0.4, 0.5) is 0 Å². The molecule has 0 saturated carbocycles. The van der Waals surface area contributed by atoms with Crippen LogP contribution in [-0.2, 0) is 19.5 Å². The van der Waals surface area contributed by atoms with Gasteiger partial charge in [0.2, 0.25) is 0 Å². The Hall–Kier alpha value is -2.57. The zero-order chi connectivity index (χ0) is 19.3. The van der Waals surface area contributed by atoms with E-state index < -0.39 is 0 Å². The number of unbranched alkanes of at least 4 members (excludes halogenated alkanes) is 1. The fourth-order valence-corrected chi connectivity index (χ4v) is 2.61. The van der Waals surface area contributed by atoms with Crippen molar-refractivity contribution in [3.05, 3.63) is 42.0 Å². The summed E-state index contributed by atoms with van der Waals surface area (Å²) in [6.07, 6.45) is 4.86. The Kier molecular flexibility index (Phi) is 9.17. The molecule has 1 heterocycles. The molecule has 0 saturated heterocycles. The Labute approximate surface area is 162 Å². The van der Waals surface area contributed by atoms with Gasteiger partial charge >= 0.3 is 0 Å². The van der Waals surface area contributed by atoms with E-state index in [0.29, 0.717) is 6.54 Å². The normalized spacial score (nSPS) is 11.4. The van der Waals surface area contributed by atoms with Crippen LogP contribution in [0.1, 0.15) is 45.0 Å². The number of rotatable bonds is 11. The van der Waals surface area contributed by atoms with E-state index in [-0.39, 0.29) is 0 Å². The summed E-state index contributed by atoms with van der Waals surface area (Å²) in [5.41, 5.74) is 1.13. The second kappa shape index (κ2) is 11.9. The highest BCUT2D eigenvalue weighted by Crippen LogP contribution is 2.14. The van der Waals surface area contributed by atoms with Gasteiger partial charge in [-0.3, -0.25) is 0 Å². The smallest absolute Gasteiger partial charge is 0.191 e. The average Bonchev–Trinajstić information content (AvgIpc) is 3.14. The summed E-state index contributed by atoms with van der Waals surface area (Å²) in [4.78, 5) is 4.68. The number of guanidine groups is 1. The first kappa shape index (κ1) is 20.7. The fourth-order valence-electron chi connectivity index (χ4n) is 2.61. The van der Waals surface area contributed by atoms with Gasteiger partial charge in [-0.15, -0.1) is 10.2 Å². The summed E-state index contributed by atoms with van der Waals surface area (Å²) in [5, 5.41) is 14.7. The van der Waals surface area contributed by atoms with Crippen molar-refractivity contribution in [2.24, 2.45) is 4.99 Å². The van der Waals surface area contributed by atoms with Gasteiger partial charge in [-0.05, 0) is 31.0 Å². The van der Waals surface area contributed by atoms with Gasteiger partial charge in [0.1, 0.15) is 17.9 Å². The summed E-state index contributed by atoms with van der Waals surface area (Å²) in [7, 11) is 0. The Bertz CT molecular complexity index is 697. The van der Waals surface area contributed by atoms with Crippen molar-refractivity contribution in [1.82, 2.24) is 25.4 Å². The molecule has 27 heavy (non-hydrogen) atoms. The second-order valence-electron chi connectivity index (χ2n) is 6.27. The lowest BCUT2D eigenvalue weighted by atomic mass is 10.2. The van der Waals surface area contributed by atoms with Crippen molar-refractivity contribution in [2.45, 2.75) is 53.1 Å². The number of aryl methyl sites for hydroxylation is 1. The highest BCUT2D eigenvalue weighted by molar-refractivity contribution is 5.79. The molecule has 2 aromatic rings. The van der Waals surface area contributed by atoms with Crippen molar-refractivity contribution < 1.29 is 4.74 Å². The highest BCUT2D eigenvalue weighted by Gasteiger charge is 2.03.